The largest absolute Gasteiger partial charge is 0.493 e. The molecule has 0 aliphatic heterocycles. The molecule has 0 saturated heterocycles. The lowest BCUT2D eigenvalue weighted by Gasteiger charge is -2.12. The lowest BCUT2D eigenvalue weighted by molar-refractivity contribution is 0.144. The molecule has 0 fully saturated rings. The van der Waals surface area contributed by atoms with E-state index in [1.807, 2.05) is 6.07 Å². The maximum Gasteiger partial charge on any atom is 0.231 e. The molecule has 0 radical (unpaired) electrons. The topological polar surface area (TPSA) is 78.4 Å². The zero-order valence-corrected chi connectivity index (χ0v) is 12.4. The number of rotatable bonds is 7. The Morgan fingerprint density at radius 3 is 2.71 bits per heavy atom. The van der Waals surface area contributed by atoms with Crippen molar-refractivity contribution in [1.29, 1.82) is 0 Å². The van der Waals surface area contributed by atoms with E-state index < -0.39 is 0 Å². The van der Waals surface area contributed by atoms with Gasteiger partial charge >= 0.3 is 0 Å². The van der Waals surface area contributed by atoms with Crippen LogP contribution in [0.4, 0.5) is 11.6 Å². The Balaban J connectivity index is 2.11. The third-order valence-electron chi connectivity index (χ3n) is 2.51. The summed E-state index contributed by atoms with van der Waals surface area (Å²) >= 11 is 5.71. The average molecular weight is 311 g/mol. The highest BCUT2D eigenvalue weighted by atomic mass is 35.5. The number of methoxy groups -OCH3 is 2. The second-order valence-corrected chi connectivity index (χ2v) is 4.25. The molecule has 2 rings (SSSR count). The number of ether oxygens (including phenoxy) is 3. The first-order valence-corrected chi connectivity index (χ1v) is 6.52. The Hall–Kier alpha value is -2.12. The first-order chi connectivity index (χ1) is 10.2. The van der Waals surface area contributed by atoms with E-state index in [0.29, 0.717) is 30.7 Å². The number of halogens is 1. The van der Waals surface area contributed by atoms with Crippen LogP contribution in [0.3, 0.4) is 0 Å². The number of anilines is 2. The van der Waals surface area contributed by atoms with Gasteiger partial charge in [-0.2, -0.15) is 4.98 Å². The van der Waals surface area contributed by atoms with Crippen molar-refractivity contribution in [2.24, 2.45) is 0 Å². The van der Waals surface area contributed by atoms with E-state index in [2.05, 4.69) is 20.3 Å². The molecule has 1 aromatic heterocycles. The van der Waals surface area contributed by atoms with E-state index in [0.717, 1.165) is 5.69 Å². The van der Waals surface area contributed by atoms with Gasteiger partial charge in [-0.25, -0.2) is 9.97 Å². The predicted molar refractivity (Wildman–Crippen MR) is 78.5 cm³/mol. The third kappa shape index (κ3) is 4.44. The van der Waals surface area contributed by atoms with E-state index in [1.165, 1.54) is 6.33 Å². The number of aromatic nitrogens is 3. The van der Waals surface area contributed by atoms with Crippen LogP contribution in [0.25, 0.3) is 0 Å². The highest BCUT2D eigenvalue weighted by Crippen LogP contribution is 2.31. The standard InChI is InChI=1S/C13H15ClN4O3/c1-19-5-6-21-10-4-3-9(7-11(10)20-2)17-13-16-8-15-12(14)18-13/h3-4,7-8H,5-6H2,1-2H3,(H,15,16,17,18). The minimum absolute atomic E-state index is 0.124. The van der Waals surface area contributed by atoms with Gasteiger partial charge < -0.3 is 19.5 Å². The SMILES string of the molecule is COCCOc1ccc(Nc2ncnc(Cl)n2)cc1OC. The highest BCUT2D eigenvalue weighted by molar-refractivity contribution is 6.28. The van der Waals surface area contributed by atoms with E-state index in [-0.39, 0.29) is 5.28 Å². The molecule has 21 heavy (non-hydrogen) atoms. The summed E-state index contributed by atoms with van der Waals surface area (Å²) in [5, 5.41) is 3.13. The maximum absolute atomic E-state index is 5.71. The first-order valence-electron chi connectivity index (χ1n) is 6.14. The lowest BCUT2D eigenvalue weighted by Crippen LogP contribution is -2.05. The van der Waals surface area contributed by atoms with Crippen molar-refractivity contribution >= 4 is 23.2 Å². The van der Waals surface area contributed by atoms with Crippen LogP contribution in [0.1, 0.15) is 0 Å². The number of nitrogens with one attached hydrogen (secondary N) is 1. The van der Waals surface area contributed by atoms with Crippen LogP contribution in [0, 0.1) is 0 Å². The molecule has 7 nitrogen and oxygen atoms in total. The molecule has 0 atom stereocenters. The zero-order valence-electron chi connectivity index (χ0n) is 11.7. The molecule has 0 bridgehead atoms. The normalized spacial score (nSPS) is 10.2. The Morgan fingerprint density at radius 2 is 2.00 bits per heavy atom. The molecular formula is C13H15ClN4O3. The summed E-state index contributed by atoms with van der Waals surface area (Å²) in [7, 11) is 3.19. The molecule has 0 saturated carbocycles. The van der Waals surface area contributed by atoms with Crippen molar-refractivity contribution in [3.63, 3.8) is 0 Å². The van der Waals surface area contributed by atoms with Crippen LogP contribution in [0.15, 0.2) is 24.5 Å². The Bertz CT molecular complexity index is 597. The predicted octanol–water partition coefficient (Wildman–Crippen LogP) is 2.30. The van der Waals surface area contributed by atoms with Gasteiger partial charge in [0.15, 0.2) is 11.5 Å². The molecule has 2 aromatic rings. The van der Waals surface area contributed by atoms with E-state index in [9.17, 15) is 0 Å². The monoisotopic (exact) mass is 310 g/mol. The molecule has 1 heterocycles. The molecule has 1 aromatic carbocycles. The van der Waals surface area contributed by atoms with Crippen LogP contribution >= 0.6 is 11.6 Å². The van der Waals surface area contributed by atoms with Crippen molar-refractivity contribution in [3.8, 4) is 11.5 Å². The molecule has 0 aliphatic rings. The summed E-state index contributed by atoms with van der Waals surface area (Å²) in [6.45, 7) is 0.954. The molecule has 0 unspecified atom stereocenters. The van der Waals surface area contributed by atoms with Crippen LogP contribution in [-0.4, -0.2) is 42.4 Å². The van der Waals surface area contributed by atoms with Gasteiger partial charge in [-0.3, -0.25) is 0 Å². The average Bonchev–Trinajstić information content (AvgIpc) is 2.48. The molecule has 0 amide bonds. The number of nitrogens with zero attached hydrogens (tertiary/aromatic N) is 3. The molecule has 1 N–H and O–H groups in total. The van der Waals surface area contributed by atoms with E-state index >= 15 is 0 Å². The van der Waals surface area contributed by atoms with Crippen molar-refractivity contribution in [2.45, 2.75) is 0 Å². The smallest absolute Gasteiger partial charge is 0.231 e. The van der Waals surface area contributed by atoms with Gasteiger partial charge in [0, 0.05) is 18.9 Å². The van der Waals surface area contributed by atoms with Crippen molar-refractivity contribution in [2.75, 3.05) is 32.8 Å². The fraction of sp³-hybridized carbons (Fsp3) is 0.308. The fourth-order valence-corrected chi connectivity index (χ4v) is 1.69. The Kier molecular flexibility index (Phi) is 5.53. The first kappa shape index (κ1) is 15.3. The third-order valence-corrected chi connectivity index (χ3v) is 2.69. The molecule has 0 aliphatic carbocycles. The van der Waals surface area contributed by atoms with Crippen LogP contribution in [0.5, 0.6) is 11.5 Å². The maximum atomic E-state index is 5.71. The summed E-state index contributed by atoms with van der Waals surface area (Å²) < 4.78 is 15.8. The summed E-state index contributed by atoms with van der Waals surface area (Å²) in [6.07, 6.45) is 1.33. The van der Waals surface area contributed by atoms with Gasteiger partial charge in [0.2, 0.25) is 11.2 Å². The molecule has 0 spiro atoms. The second kappa shape index (κ2) is 7.61. The van der Waals surface area contributed by atoms with Gasteiger partial charge in [-0.15, -0.1) is 0 Å². The van der Waals surface area contributed by atoms with Crippen LogP contribution in [-0.2, 0) is 4.74 Å². The van der Waals surface area contributed by atoms with Crippen LogP contribution < -0.4 is 14.8 Å². The molecular weight excluding hydrogens is 296 g/mol. The summed E-state index contributed by atoms with van der Waals surface area (Å²) in [4.78, 5) is 11.6. The Morgan fingerprint density at radius 1 is 1.14 bits per heavy atom. The number of hydrogen-bond acceptors (Lipinski definition) is 7. The summed E-state index contributed by atoms with van der Waals surface area (Å²) in [5.74, 6) is 1.58. The lowest BCUT2D eigenvalue weighted by atomic mass is 10.2. The summed E-state index contributed by atoms with van der Waals surface area (Å²) in [6, 6.07) is 5.39. The van der Waals surface area contributed by atoms with Gasteiger partial charge in [-0.05, 0) is 23.7 Å². The second-order valence-electron chi connectivity index (χ2n) is 3.91. The van der Waals surface area contributed by atoms with E-state index in [4.69, 9.17) is 25.8 Å². The zero-order chi connectivity index (χ0) is 15.1. The van der Waals surface area contributed by atoms with Crippen LogP contribution in [0.2, 0.25) is 5.28 Å². The summed E-state index contributed by atoms with van der Waals surface area (Å²) in [5.41, 5.74) is 0.744. The highest BCUT2D eigenvalue weighted by Gasteiger charge is 2.07. The fourth-order valence-electron chi connectivity index (χ4n) is 1.57. The quantitative estimate of drug-likeness (QED) is 0.786. The van der Waals surface area contributed by atoms with Gasteiger partial charge in [0.05, 0.1) is 13.7 Å². The van der Waals surface area contributed by atoms with Crippen molar-refractivity contribution in [3.05, 3.63) is 29.8 Å². The minimum atomic E-state index is 0.124. The number of hydrogen-bond donors (Lipinski definition) is 1. The molecule has 8 heteroatoms. The van der Waals surface area contributed by atoms with Gasteiger partial charge in [0.1, 0.15) is 12.9 Å². The van der Waals surface area contributed by atoms with Crippen molar-refractivity contribution in [1.82, 2.24) is 15.0 Å². The minimum Gasteiger partial charge on any atom is -0.493 e. The van der Waals surface area contributed by atoms with Crippen molar-refractivity contribution < 1.29 is 14.2 Å². The number of benzene rings is 1. The molecule has 112 valence electrons. The van der Waals surface area contributed by atoms with E-state index in [1.54, 1.807) is 26.4 Å². The Labute approximate surface area is 127 Å². The van der Waals surface area contributed by atoms with Gasteiger partial charge in [0.25, 0.3) is 0 Å². The van der Waals surface area contributed by atoms with Gasteiger partial charge in [-0.1, -0.05) is 0 Å².